The van der Waals surface area contributed by atoms with Crippen molar-refractivity contribution in [2.75, 3.05) is 52.9 Å². The lowest BCUT2D eigenvalue weighted by molar-refractivity contribution is -0.143. The predicted molar refractivity (Wildman–Crippen MR) is 152 cm³/mol. The van der Waals surface area contributed by atoms with Gasteiger partial charge in [-0.1, -0.05) is 42.5 Å². The Bertz CT molecular complexity index is 1230. The number of alkyl halides is 2. The second-order valence-electron chi connectivity index (χ2n) is 12.3. The van der Waals surface area contributed by atoms with Crippen molar-refractivity contribution in [2.45, 2.75) is 50.1 Å². The average Bonchev–Trinajstić information content (AvgIpc) is 3.69. The standard InChI is InChI=1S/C32H40F2N4O3/c1-41-25-9-7-23(8-10-25)21-37-17-13-31(30(37)40)11-15-36(16-12-31)28(29(39)38-18-14-32(33,34)22-38)27-20-35-19-26(27)24-5-3-2-4-6-24/h2-10,26-28,35H,11-22H2,1H3/t26-,27-,28?/m1/s1. The molecule has 0 radical (unpaired) electrons. The molecule has 6 rings (SSSR count). The molecule has 2 aromatic rings. The summed E-state index contributed by atoms with van der Waals surface area (Å²) in [6.07, 6.45) is 1.89. The lowest BCUT2D eigenvalue weighted by Gasteiger charge is -2.44. The molecule has 220 valence electrons. The van der Waals surface area contributed by atoms with Gasteiger partial charge in [0.25, 0.3) is 5.92 Å². The van der Waals surface area contributed by atoms with Gasteiger partial charge in [-0.25, -0.2) is 8.78 Å². The van der Waals surface area contributed by atoms with Crippen LogP contribution in [0.25, 0.3) is 0 Å². The number of carbonyl (C=O) groups excluding carboxylic acids is 2. The predicted octanol–water partition coefficient (Wildman–Crippen LogP) is 3.75. The van der Waals surface area contributed by atoms with Crippen molar-refractivity contribution in [3.05, 3.63) is 65.7 Å². The molecule has 0 aliphatic carbocycles. The van der Waals surface area contributed by atoms with Gasteiger partial charge in [0, 0.05) is 51.0 Å². The van der Waals surface area contributed by atoms with E-state index in [-0.39, 0.29) is 36.6 Å². The summed E-state index contributed by atoms with van der Waals surface area (Å²) in [6.45, 7) is 3.52. The molecule has 41 heavy (non-hydrogen) atoms. The van der Waals surface area contributed by atoms with Crippen LogP contribution < -0.4 is 10.1 Å². The minimum atomic E-state index is -2.83. The minimum absolute atomic E-state index is 0.0287. The summed E-state index contributed by atoms with van der Waals surface area (Å²) in [5.41, 5.74) is 1.83. The largest absolute Gasteiger partial charge is 0.497 e. The Balaban J connectivity index is 1.18. The van der Waals surface area contributed by atoms with Crippen molar-refractivity contribution in [3.8, 4) is 5.75 Å². The van der Waals surface area contributed by atoms with Crippen molar-refractivity contribution >= 4 is 11.8 Å². The third-order valence-corrected chi connectivity index (χ3v) is 9.91. The van der Waals surface area contributed by atoms with Crippen LogP contribution in [0.4, 0.5) is 8.78 Å². The molecule has 4 aliphatic heterocycles. The fourth-order valence-electron chi connectivity index (χ4n) is 7.51. The van der Waals surface area contributed by atoms with Crippen LogP contribution in [0.15, 0.2) is 54.6 Å². The summed E-state index contributed by atoms with van der Waals surface area (Å²) in [4.78, 5) is 33.3. The summed E-state index contributed by atoms with van der Waals surface area (Å²) in [7, 11) is 1.64. The zero-order valence-corrected chi connectivity index (χ0v) is 23.7. The van der Waals surface area contributed by atoms with E-state index >= 15 is 0 Å². The van der Waals surface area contributed by atoms with Crippen molar-refractivity contribution in [1.29, 1.82) is 0 Å². The van der Waals surface area contributed by atoms with Crippen LogP contribution in [-0.4, -0.2) is 91.4 Å². The molecular formula is C32H40F2N4O3. The van der Waals surface area contributed by atoms with E-state index in [0.29, 0.717) is 39.0 Å². The number of carbonyl (C=O) groups is 2. The van der Waals surface area contributed by atoms with Crippen LogP contribution in [0, 0.1) is 11.3 Å². The molecule has 1 unspecified atom stereocenters. The van der Waals surface area contributed by atoms with Crippen LogP contribution >= 0.6 is 0 Å². The van der Waals surface area contributed by atoms with Crippen molar-refractivity contribution < 1.29 is 23.1 Å². The maximum atomic E-state index is 14.2. The van der Waals surface area contributed by atoms with Gasteiger partial charge in [0.15, 0.2) is 0 Å². The summed E-state index contributed by atoms with van der Waals surface area (Å²) < 4.78 is 33.6. The molecule has 0 aromatic heterocycles. The number of ether oxygens (including phenoxy) is 1. The molecule has 3 atom stereocenters. The molecule has 2 aromatic carbocycles. The van der Waals surface area contributed by atoms with Gasteiger partial charge in [-0.3, -0.25) is 14.5 Å². The Labute approximate surface area is 240 Å². The number of rotatable bonds is 7. The van der Waals surface area contributed by atoms with Crippen LogP contribution in [0.1, 0.15) is 42.7 Å². The molecule has 0 bridgehead atoms. The van der Waals surface area contributed by atoms with Gasteiger partial charge >= 0.3 is 0 Å². The van der Waals surface area contributed by atoms with Crippen LogP contribution in [0.2, 0.25) is 0 Å². The maximum absolute atomic E-state index is 14.2. The van der Waals surface area contributed by atoms with E-state index in [1.807, 2.05) is 47.4 Å². The highest BCUT2D eigenvalue weighted by atomic mass is 19.3. The number of likely N-dealkylation sites (tertiary alicyclic amines) is 3. The number of nitrogens with one attached hydrogen (secondary N) is 1. The quantitative estimate of drug-likeness (QED) is 0.553. The number of nitrogens with zero attached hydrogens (tertiary/aromatic N) is 3. The van der Waals surface area contributed by atoms with Gasteiger partial charge in [-0.2, -0.15) is 0 Å². The fraction of sp³-hybridized carbons (Fsp3) is 0.562. The third kappa shape index (κ3) is 5.58. The van der Waals surface area contributed by atoms with E-state index < -0.39 is 23.9 Å². The van der Waals surface area contributed by atoms with Crippen molar-refractivity contribution in [3.63, 3.8) is 0 Å². The highest BCUT2D eigenvalue weighted by Gasteiger charge is 2.52. The number of hydrogen-bond donors (Lipinski definition) is 1. The average molecular weight is 567 g/mol. The summed E-state index contributed by atoms with van der Waals surface area (Å²) in [6, 6.07) is 17.5. The smallest absolute Gasteiger partial charge is 0.267 e. The molecule has 4 heterocycles. The monoisotopic (exact) mass is 566 g/mol. The Hall–Kier alpha value is -3.04. The number of piperidine rings is 1. The van der Waals surface area contributed by atoms with E-state index in [4.69, 9.17) is 4.74 Å². The first-order valence-corrected chi connectivity index (χ1v) is 14.9. The second kappa shape index (κ2) is 11.3. The maximum Gasteiger partial charge on any atom is 0.267 e. The molecule has 4 fully saturated rings. The summed E-state index contributed by atoms with van der Waals surface area (Å²) in [5, 5.41) is 3.48. The molecule has 1 N–H and O–H groups in total. The number of methoxy groups -OCH3 is 1. The second-order valence-corrected chi connectivity index (χ2v) is 12.3. The van der Waals surface area contributed by atoms with Gasteiger partial charge in [0.2, 0.25) is 11.8 Å². The van der Waals surface area contributed by atoms with Crippen LogP contribution in [0.5, 0.6) is 5.75 Å². The Kier molecular flexibility index (Phi) is 7.76. The Morgan fingerprint density at radius 3 is 2.34 bits per heavy atom. The molecule has 7 nitrogen and oxygen atoms in total. The zero-order valence-electron chi connectivity index (χ0n) is 23.7. The summed E-state index contributed by atoms with van der Waals surface area (Å²) in [5.74, 6) is -1.94. The molecule has 4 aliphatic rings. The fourth-order valence-corrected chi connectivity index (χ4v) is 7.51. The topological polar surface area (TPSA) is 65.1 Å². The van der Waals surface area contributed by atoms with E-state index in [1.54, 1.807) is 7.11 Å². The van der Waals surface area contributed by atoms with Gasteiger partial charge in [-0.05, 0) is 55.6 Å². The van der Waals surface area contributed by atoms with Crippen LogP contribution in [-0.2, 0) is 16.1 Å². The van der Waals surface area contributed by atoms with Gasteiger partial charge in [-0.15, -0.1) is 0 Å². The van der Waals surface area contributed by atoms with E-state index in [2.05, 4.69) is 22.3 Å². The molecule has 2 amide bonds. The van der Waals surface area contributed by atoms with E-state index in [9.17, 15) is 18.4 Å². The minimum Gasteiger partial charge on any atom is -0.497 e. The lowest BCUT2D eigenvalue weighted by atomic mass is 9.75. The number of amides is 2. The molecule has 9 heteroatoms. The van der Waals surface area contributed by atoms with Gasteiger partial charge in [0.05, 0.1) is 25.1 Å². The van der Waals surface area contributed by atoms with Gasteiger partial charge in [0.1, 0.15) is 5.75 Å². The Morgan fingerprint density at radius 2 is 1.68 bits per heavy atom. The number of halogens is 2. The first-order valence-electron chi connectivity index (χ1n) is 14.9. The SMILES string of the molecule is COc1ccc(CN2CCC3(CCN(C(C(=O)N4CCC(F)(F)C4)[C@@H]4CNC[C@@H]4c4ccccc4)CC3)C2=O)cc1. The highest BCUT2D eigenvalue weighted by molar-refractivity contribution is 5.85. The molecule has 0 saturated carbocycles. The van der Waals surface area contributed by atoms with Crippen molar-refractivity contribution in [1.82, 2.24) is 20.0 Å². The lowest BCUT2D eigenvalue weighted by Crippen LogP contribution is -2.57. The first-order chi connectivity index (χ1) is 19.8. The first kappa shape index (κ1) is 28.1. The van der Waals surface area contributed by atoms with Crippen molar-refractivity contribution in [2.24, 2.45) is 11.3 Å². The summed E-state index contributed by atoms with van der Waals surface area (Å²) >= 11 is 0. The molecule has 4 saturated heterocycles. The van der Waals surface area contributed by atoms with Crippen LogP contribution in [0.3, 0.4) is 0 Å². The highest BCUT2D eigenvalue weighted by Crippen LogP contribution is 2.44. The molecular weight excluding hydrogens is 526 g/mol. The zero-order chi connectivity index (χ0) is 28.6. The Morgan fingerprint density at radius 1 is 0.976 bits per heavy atom. The van der Waals surface area contributed by atoms with Gasteiger partial charge < -0.3 is 19.9 Å². The van der Waals surface area contributed by atoms with E-state index in [1.165, 1.54) is 10.5 Å². The van der Waals surface area contributed by atoms with E-state index in [0.717, 1.165) is 30.8 Å². The third-order valence-electron chi connectivity index (χ3n) is 9.91. The normalized spacial score (nSPS) is 26.6. The molecule has 1 spiro atoms. The number of hydrogen-bond acceptors (Lipinski definition) is 5. The number of benzene rings is 2.